The van der Waals surface area contributed by atoms with Gasteiger partial charge in [-0.05, 0) is 18.2 Å². The van der Waals surface area contributed by atoms with E-state index in [1.807, 2.05) is 0 Å². The molecule has 0 aliphatic heterocycles. The molecule has 0 saturated heterocycles. The Labute approximate surface area is 138 Å². The molecular formula is C18H16F2O4. The van der Waals surface area contributed by atoms with Crippen molar-refractivity contribution < 1.29 is 27.8 Å². The van der Waals surface area contributed by atoms with Gasteiger partial charge in [0.15, 0.2) is 5.78 Å². The molecule has 6 heteroatoms. The maximum Gasteiger partial charge on any atom is 0.306 e. The third kappa shape index (κ3) is 4.62. The van der Waals surface area contributed by atoms with Crippen molar-refractivity contribution in [2.45, 2.75) is 19.4 Å². The highest BCUT2D eigenvalue weighted by Crippen LogP contribution is 2.18. The summed E-state index contributed by atoms with van der Waals surface area (Å²) in [6, 6.07) is 9.76. The van der Waals surface area contributed by atoms with Gasteiger partial charge < -0.3 is 9.47 Å². The first kappa shape index (κ1) is 17.6. The number of ether oxygens (including phenoxy) is 2. The molecular weight excluding hydrogens is 318 g/mol. The molecule has 0 radical (unpaired) electrons. The van der Waals surface area contributed by atoms with Gasteiger partial charge in [-0.3, -0.25) is 9.59 Å². The molecule has 2 rings (SSSR count). The fraction of sp³-hybridized carbons (Fsp3) is 0.222. The predicted octanol–water partition coefficient (Wildman–Crippen LogP) is 3.68. The summed E-state index contributed by atoms with van der Waals surface area (Å²) in [6.45, 7) is 0.0158. The Kier molecular flexibility index (Phi) is 6.01. The van der Waals surface area contributed by atoms with Crippen LogP contribution in [0.25, 0.3) is 0 Å². The van der Waals surface area contributed by atoms with Crippen molar-refractivity contribution in [2.24, 2.45) is 0 Å². The van der Waals surface area contributed by atoms with E-state index >= 15 is 0 Å². The second-order valence-electron chi connectivity index (χ2n) is 5.02. The SMILES string of the molecule is COc1ccccc1COC(=O)CCC(=O)c1ccc(F)cc1F. The lowest BCUT2D eigenvalue weighted by Crippen LogP contribution is -2.10. The van der Waals surface area contributed by atoms with E-state index in [4.69, 9.17) is 9.47 Å². The van der Waals surface area contributed by atoms with E-state index in [0.29, 0.717) is 17.4 Å². The molecule has 0 aliphatic carbocycles. The summed E-state index contributed by atoms with van der Waals surface area (Å²) >= 11 is 0. The standard InChI is InChI=1S/C18H16F2O4/c1-23-17-5-3-2-4-12(17)11-24-18(22)9-8-16(21)14-7-6-13(19)10-15(14)20/h2-7,10H,8-9,11H2,1H3. The molecule has 24 heavy (non-hydrogen) atoms. The van der Waals surface area contributed by atoms with E-state index in [9.17, 15) is 18.4 Å². The number of hydrogen-bond acceptors (Lipinski definition) is 4. The van der Waals surface area contributed by atoms with Crippen LogP contribution < -0.4 is 4.74 Å². The van der Waals surface area contributed by atoms with Crippen molar-refractivity contribution in [3.8, 4) is 5.75 Å². The Morgan fingerprint density at radius 3 is 2.50 bits per heavy atom. The minimum absolute atomic E-state index is 0.0158. The minimum atomic E-state index is -0.942. The Balaban J connectivity index is 1.85. The summed E-state index contributed by atoms with van der Waals surface area (Å²) in [4.78, 5) is 23.6. The maximum absolute atomic E-state index is 13.5. The molecule has 126 valence electrons. The lowest BCUT2D eigenvalue weighted by molar-refractivity contribution is -0.144. The van der Waals surface area contributed by atoms with Gasteiger partial charge in [0, 0.05) is 18.1 Å². The van der Waals surface area contributed by atoms with Crippen LogP contribution in [0, 0.1) is 11.6 Å². The molecule has 0 bridgehead atoms. The van der Waals surface area contributed by atoms with Crippen LogP contribution in [0.15, 0.2) is 42.5 Å². The van der Waals surface area contributed by atoms with Crippen molar-refractivity contribution in [1.29, 1.82) is 0 Å². The molecule has 0 atom stereocenters. The number of ketones is 1. The smallest absolute Gasteiger partial charge is 0.306 e. The van der Waals surface area contributed by atoms with E-state index in [0.717, 1.165) is 12.1 Å². The van der Waals surface area contributed by atoms with Gasteiger partial charge in [-0.15, -0.1) is 0 Å². The Morgan fingerprint density at radius 2 is 1.79 bits per heavy atom. The average Bonchev–Trinajstić information content (AvgIpc) is 2.58. The van der Waals surface area contributed by atoms with Crippen LogP contribution in [0.5, 0.6) is 5.75 Å². The number of methoxy groups -OCH3 is 1. The highest BCUT2D eigenvalue weighted by Gasteiger charge is 2.15. The normalized spacial score (nSPS) is 10.3. The maximum atomic E-state index is 13.5. The Morgan fingerprint density at radius 1 is 1.04 bits per heavy atom. The first-order chi connectivity index (χ1) is 11.5. The van der Waals surface area contributed by atoms with E-state index in [-0.39, 0.29) is 25.0 Å². The van der Waals surface area contributed by atoms with Gasteiger partial charge in [0.1, 0.15) is 24.0 Å². The summed E-state index contributed by atoms with van der Waals surface area (Å²) in [5.41, 5.74) is 0.457. The Bertz CT molecular complexity index is 744. The zero-order chi connectivity index (χ0) is 17.5. The second kappa shape index (κ2) is 8.19. The van der Waals surface area contributed by atoms with Crippen molar-refractivity contribution in [2.75, 3.05) is 7.11 Å². The van der Waals surface area contributed by atoms with Crippen molar-refractivity contribution in [3.63, 3.8) is 0 Å². The number of halogens is 2. The average molecular weight is 334 g/mol. The number of esters is 1. The number of para-hydroxylation sites is 1. The van der Waals surface area contributed by atoms with Gasteiger partial charge in [0.05, 0.1) is 19.1 Å². The number of rotatable bonds is 7. The zero-order valence-electron chi connectivity index (χ0n) is 13.1. The van der Waals surface area contributed by atoms with Gasteiger partial charge in [0.2, 0.25) is 0 Å². The van der Waals surface area contributed by atoms with Gasteiger partial charge in [-0.25, -0.2) is 8.78 Å². The van der Waals surface area contributed by atoms with Crippen LogP contribution in [-0.4, -0.2) is 18.9 Å². The fourth-order valence-electron chi connectivity index (χ4n) is 2.12. The second-order valence-corrected chi connectivity index (χ2v) is 5.02. The summed E-state index contributed by atoms with van der Waals surface area (Å²) in [6.07, 6.45) is -0.405. The van der Waals surface area contributed by atoms with Gasteiger partial charge in [0.25, 0.3) is 0 Å². The van der Waals surface area contributed by atoms with Gasteiger partial charge in [-0.1, -0.05) is 18.2 Å². The van der Waals surface area contributed by atoms with Gasteiger partial charge >= 0.3 is 5.97 Å². The van der Waals surface area contributed by atoms with Crippen LogP contribution in [0.4, 0.5) is 8.78 Å². The van der Waals surface area contributed by atoms with Crippen LogP contribution in [0.1, 0.15) is 28.8 Å². The van der Waals surface area contributed by atoms with Crippen LogP contribution in [0.2, 0.25) is 0 Å². The molecule has 0 aromatic heterocycles. The summed E-state index contributed by atoms with van der Waals surface area (Å²) < 4.78 is 36.5. The molecule has 4 nitrogen and oxygen atoms in total. The molecule has 0 N–H and O–H groups in total. The summed E-state index contributed by atoms with van der Waals surface area (Å²) in [5.74, 6) is -2.28. The zero-order valence-corrected chi connectivity index (χ0v) is 13.1. The fourth-order valence-corrected chi connectivity index (χ4v) is 2.12. The highest BCUT2D eigenvalue weighted by molar-refractivity contribution is 5.97. The molecule has 0 amide bonds. The first-order valence-corrected chi connectivity index (χ1v) is 7.27. The first-order valence-electron chi connectivity index (χ1n) is 7.27. The lowest BCUT2D eigenvalue weighted by atomic mass is 10.1. The Hall–Kier alpha value is -2.76. The number of hydrogen-bond donors (Lipinski definition) is 0. The topological polar surface area (TPSA) is 52.6 Å². The number of Topliss-reactive ketones (excluding diaryl/α,β-unsaturated/α-hetero) is 1. The molecule has 0 aliphatic rings. The van der Waals surface area contributed by atoms with E-state index in [1.165, 1.54) is 7.11 Å². The molecule has 0 saturated carbocycles. The number of benzene rings is 2. The van der Waals surface area contributed by atoms with Crippen molar-refractivity contribution >= 4 is 11.8 Å². The molecule has 0 unspecified atom stereocenters. The largest absolute Gasteiger partial charge is 0.496 e. The molecule has 0 spiro atoms. The van der Waals surface area contributed by atoms with Crippen molar-refractivity contribution in [3.05, 3.63) is 65.2 Å². The lowest BCUT2D eigenvalue weighted by Gasteiger charge is -2.09. The van der Waals surface area contributed by atoms with E-state index in [1.54, 1.807) is 24.3 Å². The third-order valence-corrected chi connectivity index (χ3v) is 3.37. The molecule has 0 heterocycles. The molecule has 0 fully saturated rings. The van der Waals surface area contributed by atoms with Crippen LogP contribution in [0.3, 0.4) is 0 Å². The minimum Gasteiger partial charge on any atom is -0.496 e. The highest BCUT2D eigenvalue weighted by atomic mass is 19.1. The molecule has 2 aromatic rings. The van der Waals surface area contributed by atoms with Gasteiger partial charge in [-0.2, -0.15) is 0 Å². The molecule has 2 aromatic carbocycles. The van der Waals surface area contributed by atoms with Crippen molar-refractivity contribution in [1.82, 2.24) is 0 Å². The number of carbonyl (C=O) groups is 2. The van der Waals surface area contributed by atoms with Crippen LogP contribution in [-0.2, 0) is 16.1 Å². The third-order valence-electron chi connectivity index (χ3n) is 3.37. The van der Waals surface area contributed by atoms with E-state index in [2.05, 4.69) is 0 Å². The van der Waals surface area contributed by atoms with Crippen LogP contribution >= 0.6 is 0 Å². The summed E-state index contributed by atoms with van der Waals surface area (Å²) in [7, 11) is 1.51. The number of carbonyl (C=O) groups excluding carboxylic acids is 2. The van der Waals surface area contributed by atoms with E-state index < -0.39 is 23.4 Å². The quantitative estimate of drug-likeness (QED) is 0.572. The summed E-state index contributed by atoms with van der Waals surface area (Å²) in [5, 5.41) is 0. The predicted molar refractivity (Wildman–Crippen MR) is 82.7 cm³/mol. The monoisotopic (exact) mass is 334 g/mol.